The minimum atomic E-state index is -2.09. The van der Waals surface area contributed by atoms with Gasteiger partial charge in [0, 0.05) is 18.2 Å². The van der Waals surface area contributed by atoms with Gasteiger partial charge < -0.3 is 24.6 Å². The fourth-order valence-corrected chi connectivity index (χ4v) is 4.02. The Hall–Kier alpha value is -2.80. The van der Waals surface area contributed by atoms with E-state index in [-0.39, 0.29) is 23.6 Å². The van der Waals surface area contributed by atoms with Crippen molar-refractivity contribution in [3.63, 3.8) is 0 Å². The van der Waals surface area contributed by atoms with Crippen LogP contribution in [-0.2, 0) is 33.4 Å². The van der Waals surface area contributed by atoms with Crippen LogP contribution in [0.5, 0.6) is 0 Å². The molecule has 13 heteroatoms. The SMILES string of the molecule is CC(=O)OCC1=C(C(=O)O)N2C(=O)[C@@](N)(OC(=O)CNC(=O)OC(C)(C)C)[C@H]2SC1. The molecular weight excluding hydrogens is 422 g/mol. The van der Waals surface area contributed by atoms with E-state index in [0.717, 1.165) is 16.7 Å². The quantitative estimate of drug-likeness (QED) is 0.208. The molecule has 2 atom stereocenters. The second-order valence-electron chi connectivity index (χ2n) is 7.50. The molecular formula is C17H23N3O9S. The van der Waals surface area contributed by atoms with E-state index in [1.807, 2.05) is 0 Å². The van der Waals surface area contributed by atoms with E-state index in [4.69, 9.17) is 19.9 Å². The number of amides is 2. The van der Waals surface area contributed by atoms with Gasteiger partial charge in [-0.1, -0.05) is 0 Å². The molecule has 0 aliphatic carbocycles. The molecule has 0 unspecified atom stereocenters. The van der Waals surface area contributed by atoms with Gasteiger partial charge in [0.1, 0.15) is 29.8 Å². The molecule has 0 radical (unpaired) electrons. The Morgan fingerprint density at radius 3 is 2.50 bits per heavy atom. The summed E-state index contributed by atoms with van der Waals surface area (Å²) in [6, 6.07) is 0. The van der Waals surface area contributed by atoms with Crippen LogP contribution in [-0.4, -0.2) is 75.5 Å². The number of aliphatic carboxylic acids is 1. The summed E-state index contributed by atoms with van der Waals surface area (Å²) in [4.78, 5) is 59.8. The Labute approximate surface area is 176 Å². The third kappa shape index (κ3) is 5.02. The average Bonchev–Trinajstić information content (AvgIpc) is 2.61. The maximum Gasteiger partial charge on any atom is 0.408 e. The van der Waals surface area contributed by atoms with Crippen molar-refractivity contribution in [2.24, 2.45) is 5.73 Å². The number of carboxylic acids is 1. The first-order valence-corrected chi connectivity index (χ1v) is 9.82. The van der Waals surface area contributed by atoms with Crippen molar-refractivity contribution in [1.29, 1.82) is 0 Å². The van der Waals surface area contributed by atoms with Gasteiger partial charge >= 0.3 is 24.0 Å². The highest BCUT2D eigenvalue weighted by Crippen LogP contribution is 2.45. The molecule has 0 aromatic heterocycles. The van der Waals surface area contributed by atoms with Crippen LogP contribution < -0.4 is 11.1 Å². The fraction of sp³-hybridized carbons (Fsp3) is 0.588. The summed E-state index contributed by atoms with van der Waals surface area (Å²) >= 11 is 1.06. The Morgan fingerprint density at radius 1 is 1.33 bits per heavy atom. The average molecular weight is 445 g/mol. The van der Waals surface area contributed by atoms with Crippen LogP contribution in [0.3, 0.4) is 0 Å². The van der Waals surface area contributed by atoms with Gasteiger partial charge in [-0.25, -0.2) is 9.59 Å². The van der Waals surface area contributed by atoms with E-state index in [9.17, 15) is 29.1 Å². The van der Waals surface area contributed by atoms with Gasteiger partial charge in [-0.15, -0.1) is 11.8 Å². The maximum absolute atomic E-state index is 12.6. The van der Waals surface area contributed by atoms with Gasteiger partial charge in [-0.2, -0.15) is 0 Å². The Kier molecular flexibility index (Phi) is 6.67. The van der Waals surface area contributed by atoms with Crippen LogP contribution in [0.25, 0.3) is 0 Å². The maximum atomic E-state index is 12.6. The van der Waals surface area contributed by atoms with Gasteiger partial charge in [0.05, 0.1) is 0 Å². The normalized spacial score (nSPS) is 23.2. The van der Waals surface area contributed by atoms with Crippen molar-refractivity contribution in [2.75, 3.05) is 18.9 Å². The molecule has 12 nitrogen and oxygen atoms in total. The molecule has 0 spiro atoms. The van der Waals surface area contributed by atoms with E-state index in [2.05, 4.69) is 5.32 Å². The van der Waals surface area contributed by atoms with E-state index >= 15 is 0 Å². The number of carboxylic acid groups (broad SMARTS) is 1. The number of thioether (sulfide) groups is 1. The van der Waals surface area contributed by atoms with Gasteiger partial charge in [0.15, 0.2) is 0 Å². The molecule has 30 heavy (non-hydrogen) atoms. The number of fused-ring (bicyclic) bond motifs is 1. The monoisotopic (exact) mass is 445 g/mol. The summed E-state index contributed by atoms with van der Waals surface area (Å²) in [5, 5.41) is 10.7. The minimum absolute atomic E-state index is 0.0933. The number of nitrogens with one attached hydrogen (secondary N) is 1. The summed E-state index contributed by atoms with van der Waals surface area (Å²) in [6.07, 6.45) is -0.856. The molecule has 2 rings (SSSR count). The largest absolute Gasteiger partial charge is 0.477 e. The number of ether oxygens (including phenoxy) is 3. The number of carbonyl (C=O) groups excluding carboxylic acids is 4. The predicted octanol–water partition coefficient (Wildman–Crippen LogP) is -0.474. The number of esters is 2. The smallest absolute Gasteiger partial charge is 0.408 e. The third-order valence-corrected chi connectivity index (χ3v) is 5.25. The van der Waals surface area contributed by atoms with Gasteiger partial charge in [0.2, 0.25) is 0 Å². The lowest BCUT2D eigenvalue weighted by atomic mass is 9.99. The molecule has 1 fully saturated rings. The highest BCUT2D eigenvalue weighted by molar-refractivity contribution is 8.00. The number of β-lactam (4-membered cyclic amide) rings is 1. The molecule has 2 aliphatic rings. The summed E-state index contributed by atoms with van der Waals surface area (Å²) in [5.41, 5.74) is 2.93. The lowest BCUT2D eigenvalue weighted by Crippen LogP contribution is -2.79. The second-order valence-corrected chi connectivity index (χ2v) is 8.57. The molecule has 0 bridgehead atoms. The first kappa shape index (κ1) is 23.5. The van der Waals surface area contributed by atoms with Crippen molar-refractivity contribution in [2.45, 2.75) is 44.4 Å². The van der Waals surface area contributed by atoms with Crippen LogP contribution in [0.1, 0.15) is 27.7 Å². The van der Waals surface area contributed by atoms with Gasteiger partial charge in [0.25, 0.3) is 11.6 Å². The first-order chi connectivity index (χ1) is 13.8. The van der Waals surface area contributed by atoms with E-state index in [1.165, 1.54) is 6.92 Å². The number of hydrogen-bond acceptors (Lipinski definition) is 10. The number of rotatable bonds is 6. The molecule has 166 valence electrons. The molecule has 2 amide bonds. The summed E-state index contributed by atoms with van der Waals surface area (Å²) in [6.45, 7) is 5.21. The summed E-state index contributed by atoms with van der Waals surface area (Å²) in [7, 11) is 0. The lowest BCUT2D eigenvalue weighted by molar-refractivity contribution is -0.194. The number of carbonyl (C=O) groups is 5. The second kappa shape index (κ2) is 8.52. The summed E-state index contributed by atoms with van der Waals surface area (Å²) < 4.78 is 14.9. The minimum Gasteiger partial charge on any atom is -0.477 e. The molecule has 0 aromatic rings. The zero-order chi connectivity index (χ0) is 22.9. The highest BCUT2D eigenvalue weighted by Gasteiger charge is 2.65. The fourth-order valence-electron chi connectivity index (χ4n) is 2.69. The van der Waals surface area contributed by atoms with Crippen molar-refractivity contribution >= 4 is 41.7 Å². The Bertz CT molecular complexity index is 820. The molecule has 2 heterocycles. The molecule has 2 aliphatic heterocycles. The molecule has 1 saturated heterocycles. The van der Waals surface area contributed by atoms with Gasteiger partial charge in [-0.3, -0.25) is 25.0 Å². The molecule has 4 N–H and O–H groups in total. The molecule has 0 saturated carbocycles. The van der Waals surface area contributed by atoms with Crippen molar-refractivity contribution in [3.05, 3.63) is 11.3 Å². The van der Waals surface area contributed by atoms with E-state index < -0.39 is 53.2 Å². The zero-order valence-electron chi connectivity index (χ0n) is 16.8. The van der Waals surface area contributed by atoms with Crippen LogP contribution in [0.2, 0.25) is 0 Å². The van der Waals surface area contributed by atoms with Gasteiger partial charge in [-0.05, 0) is 20.8 Å². The van der Waals surface area contributed by atoms with E-state index in [1.54, 1.807) is 20.8 Å². The first-order valence-electron chi connectivity index (χ1n) is 8.77. The number of nitrogens with two attached hydrogens (primary N) is 1. The Balaban J connectivity index is 2.05. The highest BCUT2D eigenvalue weighted by atomic mass is 32.2. The Morgan fingerprint density at radius 2 is 1.97 bits per heavy atom. The van der Waals surface area contributed by atoms with Crippen LogP contribution in [0.4, 0.5) is 4.79 Å². The van der Waals surface area contributed by atoms with Crippen molar-refractivity contribution in [1.82, 2.24) is 10.2 Å². The summed E-state index contributed by atoms with van der Waals surface area (Å²) in [5.74, 6) is -3.85. The number of hydrogen-bond donors (Lipinski definition) is 3. The molecule has 0 aromatic carbocycles. The predicted molar refractivity (Wildman–Crippen MR) is 102 cm³/mol. The number of nitrogens with zero attached hydrogens (tertiary/aromatic N) is 1. The lowest BCUT2D eigenvalue weighted by Gasteiger charge is -2.53. The van der Waals surface area contributed by atoms with E-state index in [0.29, 0.717) is 0 Å². The third-order valence-electron chi connectivity index (χ3n) is 3.86. The topological polar surface area (TPSA) is 175 Å². The zero-order valence-corrected chi connectivity index (χ0v) is 17.7. The van der Waals surface area contributed by atoms with Crippen LogP contribution in [0, 0.1) is 0 Å². The number of alkyl carbamates (subject to hydrolysis) is 1. The van der Waals surface area contributed by atoms with Crippen molar-refractivity contribution < 1.29 is 43.3 Å². The van der Waals surface area contributed by atoms with Crippen LogP contribution in [0.15, 0.2) is 11.3 Å². The standard InChI is InChI=1S/C17H23N3O9S/c1-8(21)27-6-9-7-30-14-17(18,13(25)20(14)11(9)12(23)24)28-10(22)5-19-15(26)29-16(2,3)4/h14H,5-7,18H2,1-4H3,(H,19,26)(H,23,24)/t14-,17-/m1/s1. The van der Waals surface area contributed by atoms with Crippen molar-refractivity contribution in [3.8, 4) is 0 Å². The van der Waals surface area contributed by atoms with Crippen LogP contribution >= 0.6 is 11.8 Å².